The number of amides is 2. The van der Waals surface area contributed by atoms with Crippen molar-refractivity contribution in [3.05, 3.63) is 65.2 Å². The van der Waals surface area contributed by atoms with E-state index in [1.165, 1.54) is 4.90 Å². The van der Waals surface area contributed by atoms with Gasteiger partial charge in [0.05, 0.1) is 12.1 Å². The maximum atomic E-state index is 13.2. The number of hydrazone groups is 1. The van der Waals surface area contributed by atoms with Crippen molar-refractivity contribution < 1.29 is 19.1 Å². The van der Waals surface area contributed by atoms with Crippen molar-refractivity contribution in [2.75, 3.05) is 4.90 Å². The Labute approximate surface area is 168 Å². The average molecular weight is 391 g/mol. The number of benzene rings is 2. The molecule has 1 fully saturated rings. The minimum atomic E-state index is -1.23. The first-order valence-corrected chi connectivity index (χ1v) is 9.39. The molecule has 0 saturated carbocycles. The second kappa shape index (κ2) is 7.16. The molecule has 7 heteroatoms. The van der Waals surface area contributed by atoms with Gasteiger partial charge in [0.1, 0.15) is 17.9 Å². The van der Waals surface area contributed by atoms with Gasteiger partial charge in [-0.3, -0.25) is 15.0 Å². The summed E-state index contributed by atoms with van der Waals surface area (Å²) < 4.78 is 5.30. The van der Waals surface area contributed by atoms with Gasteiger partial charge in [0.25, 0.3) is 5.91 Å². The van der Waals surface area contributed by atoms with E-state index in [1.54, 1.807) is 0 Å². The highest BCUT2D eigenvalue weighted by Crippen LogP contribution is 2.36. The first-order chi connectivity index (χ1) is 13.9. The number of imide groups is 1. The topological polar surface area (TPSA) is 88.1 Å². The lowest BCUT2D eigenvalue weighted by Crippen LogP contribution is -2.47. The van der Waals surface area contributed by atoms with E-state index in [-0.39, 0.29) is 31.1 Å². The molecule has 2 aliphatic heterocycles. The van der Waals surface area contributed by atoms with Crippen LogP contribution in [0.2, 0.25) is 0 Å². The lowest BCUT2D eigenvalue weighted by Gasteiger charge is -2.22. The Kier molecular flexibility index (Phi) is 4.66. The van der Waals surface area contributed by atoms with Crippen molar-refractivity contribution in [2.24, 2.45) is 5.10 Å². The van der Waals surface area contributed by atoms with Crippen LogP contribution in [-0.2, 0) is 25.7 Å². The van der Waals surface area contributed by atoms with Crippen LogP contribution in [0.4, 0.5) is 5.69 Å². The Hall–Kier alpha value is -3.48. The van der Waals surface area contributed by atoms with Crippen molar-refractivity contribution in [1.82, 2.24) is 5.43 Å². The molecule has 2 heterocycles. The molecule has 4 rings (SSSR count). The number of nitrogens with one attached hydrogen (secondary N) is 1. The number of rotatable bonds is 4. The Morgan fingerprint density at radius 3 is 2.66 bits per heavy atom. The molecule has 1 spiro atoms. The largest absolute Gasteiger partial charge is 0.456 e. The van der Waals surface area contributed by atoms with Gasteiger partial charge in [0.15, 0.2) is 0 Å². The molecule has 7 nitrogen and oxygen atoms in total. The molecule has 29 heavy (non-hydrogen) atoms. The molecule has 0 bridgehead atoms. The van der Waals surface area contributed by atoms with E-state index in [0.717, 1.165) is 16.7 Å². The van der Waals surface area contributed by atoms with Crippen molar-refractivity contribution in [3.8, 4) is 0 Å². The number of carbonyl (C=O) groups is 3. The monoisotopic (exact) mass is 391 g/mol. The van der Waals surface area contributed by atoms with Crippen LogP contribution in [0, 0.1) is 13.8 Å². The maximum absolute atomic E-state index is 13.2. The smallest absolute Gasteiger partial charge is 0.354 e. The molecule has 2 amide bonds. The lowest BCUT2D eigenvalue weighted by molar-refractivity contribution is -0.136. The third kappa shape index (κ3) is 3.40. The minimum absolute atomic E-state index is 0.0204. The number of nitrogens with zero attached hydrogens (tertiary/aromatic N) is 2. The van der Waals surface area contributed by atoms with Crippen LogP contribution in [0.25, 0.3) is 0 Å². The predicted octanol–water partition coefficient (Wildman–Crippen LogP) is 2.40. The summed E-state index contributed by atoms with van der Waals surface area (Å²) in [6.07, 6.45) is -0.0370. The summed E-state index contributed by atoms with van der Waals surface area (Å²) in [4.78, 5) is 39.5. The highest BCUT2D eigenvalue weighted by Gasteiger charge is 2.56. The number of carbonyl (C=O) groups excluding carboxylic acids is 3. The zero-order valence-corrected chi connectivity index (χ0v) is 16.3. The highest BCUT2D eigenvalue weighted by molar-refractivity contribution is 6.39. The summed E-state index contributed by atoms with van der Waals surface area (Å²) in [6, 6.07) is 14.9. The molecule has 148 valence electrons. The van der Waals surface area contributed by atoms with Gasteiger partial charge in [-0.1, -0.05) is 42.5 Å². The fourth-order valence-electron chi connectivity index (χ4n) is 3.63. The zero-order valence-electron chi connectivity index (χ0n) is 16.3. The predicted molar refractivity (Wildman–Crippen MR) is 107 cm³/mol. The van der Waals surface area contributed by atoms with Gasteiger partial charge in [-0.15, -0.1) is 0 Å². The number of hydrogen-bond donors (Lipinski definition) is 1. The van der Waals surface area contributed by atoms with Crippen molar-refractivity contribution in [1.29, 1.82) is 0 Å². The molecule has 1 saturated heterocycles. The van der Waals surface area contributed by atoms with Gasteiger partial charge < -0.3 is 4.74 Å². The Morgan fingerprint density at radius 2 is 1.90 bits per heavy atom. The lowest BCUT2D eigenvalue weighted by atomic mass is 9.92. The second-order valence-electron chi connectivity index (χ2n) is 7.49. The molecule has 0 unspecified atom stereocenters. The number of ether oxygens (including phenoxy) is 1. The van der Waals surface area contributed by atoms with E-state index in [4.69, 9.17) is 4.74 Å². The van der Waals surface area contributed by atoms with Crippen LogP contribution in [0.1, 0.15) is 29.5 Å². The molecule has 0 radical (unpaired) electrons. The van der Waals surface area contributed by atoms with Gasteiger partial charge in [0, 0.05) is 6.42 Å². The van der Waals surface area contributed by atoms with Gasteiger partial charge in [-0.25, -0.2) is 9.69 Å². The van der Waals surface area contributed by atoms with Crippen LogP contribution in [-0.4, -0.2) is 29.0 Å². The molecule has 2 aliphatic rings. The fourth-order valence-corrected chi connectivity index (χ4v) is 3.63. The SMILES string of the molecule is Cc1ccc(C)c(N2C(=O)C[C@]3(CC(C(=O)OCc4ccccc4)=NN3)C2=O)c1. The van der Waals surface area contributed by atoms with Crippen molar-refractivity contribution >= 4 is 29.2 Å². The number of esters is 1. The summed E-state index contributed by atoms with van der Waals surface area (Å²) in [5.41, 5.74) is 4.84. The Morgan fingerprint density at radius 1 is 1.14 bits per heavy atom. The molecule has 0 aromatic heterocycles. The van der Waals surface area contributed by atoms with Crippen molar-refractivity contribution in [3.63, 3.8) is 0 Å². The highest BCUT2D eigenvalue weighted by atomic mass is 16.5. The van der Waals surface area contributed by atoms with E-state index in [2.05, 4.69) is 10.5 Å². The van der Waals surface area contributed by atoms with E-state index in [9.17, 15) is 14.4 Å². The summed E-state index contributed by atoms with van der Waals surface area (Å²) in [5, 5.41) is 4.03. The molecular formula is C22H21N3O4. The molecular weight excluding hydrogens is 370 g/mol. The minimum Gasteiger partial charge on any atom is -0.456 e. The van der Waals surface area contributed by atoms with E-state index >= 15 is 0 Å². The van der Waals surface area contributed by atoms with Crippen LogP contribution in [0.3, 0.4) is 0 Å². The first-order valence-electron chi connectivity index (χ1n) is 9.39. The van der Waals surface area contributed by atoms with Gasteiger partial charge >= 0.3 is 5.97 Å². The first kappa shape index (κ1) is 18.9. The quantitative estimate of drug-likeness (QED) is 0.639. The summed E-state index contributed by atoms with van der Waals surface area (Å²) >= 11 is 0. The van der Waals surface area contributed by atoms with Crippen LogP contribution >= 0.6 is 0 Å². The molecule has 0 aliphatic carbocycles. The molecule has 1 N–H and O–H groups in total. The fraction of sp³-hybridized carbons (Fsp3) is 0.273. The molecule has 2 aromatic carbocycles. The standard InChI is InChI=1S/C22H21N3O4/c1-14-8-9-15(2)18(10-14)25-19(26)12-22(21(25)28)11-17(23-24-22)20(27)29-13-16-6-4-3-5-7-16/h3-10,24H,11-13H2,1-2H3/t22-/m1/s1. The summed E-state index contributed by atoms with van der Waals surface area (Å²) in [7, 11) is 0. The van der Waals surface area contributed by atoms with E-state index in [1.807, 2.05) is 62.4 Å². The summed E-state index contributed by atoms with van der Waals surface area (Å²) in [6.45, 7) is 3.87. The third-order valence-corrected chi connectivity index (χ3v) is 5.24. The van der Waals surface area contributed by atoms with Gasteiger partial charge in [0.2, 0.25) is 5.91 Å². The normalized spacial score (nSPS) is 20.8. The van der Waals surface area contributed by atoms with E-state index in [0.29, 0.717) is 5.69 Å². The van der Waals surface area contributed by atoms with E-state index < -0.39 is 17.4 Å². The van der Waals surface area contributed by atoms with Crippen molar-refractivity contribution in [2.45, 2.75) is 38.8 Å². The number of aryl methyl sites for hydroxylation is 2. The maximum Gasteiger partial charge on any atom is 0.354 e. The number of hydrogen-bond acceptors (Lipinski definition) is 6. The van der Waals surface area contributed by atoms with Crippen LogP contribution < -0.4 is 10.3 Å². The Balaban J connectivity index is 1.48. The molecule has 1 atom stereocenters. The second-order valence-corrected chi connectivity index (χ2v) is 7.49. The third-order valence-electron chi connectivity index (χ3n) is 5.24. The van der Waals surface area contributed by atoms with Crippen LogP contribution in [0.5, 0.6) is 0 Å². The Bertz CT molecular complexity index is 1030. The summed E-state index contributed by atoms with van der Waals surface area (Å²) in [5.74, 6) is -1.31. The average Bonchev–Trinajstić information content (AvgIpc) is 3.24. The van der Waals surface area contributed by atoms with Gasteiger partial charge in [-0.05, 0) is 36.6 Å². The zero-order chi connectivity index (χ0) is 20.6. The van der Waals surface area contributed by atoms with Gasteiger partial charge in [-0.2, -0.15) is 5.10 Å². The molecule has 2 aromatic rings. The number of anilines is 1. The van der Waals surface area contributed by atoms with Crippen LogP contribution in [0.15, 0.2) is 53.6 Å².